The first-order valence-corrected chi connectivity index (χ1v) is 7.01. The Morgan fingerprint density at radius 2 is 2.16 bits per heavy atom. The maximum absolute atomic E-state index is 11.5. The number of carbonyl (C=O) groups is 1. The number of ether oxygens (including phenoxy) is 1. The van der Waals surface area contributed by atoms with E-state index in [1.54, 1.807) is 13.1 Å². The molecule has 1 rings (SSSR count). The third kappa shape index (κ3) is 6.38. The van der Waals surface area contributed by atoms with E-state index in [4.69, 9.17) is 9.84 Å². The Hall–Kier alpha value is -1.36. The molecular formula is C14H24N2O3. The Morgan fingerprint density at radius 1 is 1.37 bits per heavy atom. The van der Waals surface area contributed by atoms with Gasteiger partial charge in [-0.2, -0.15) is 0 Å². The van der Waals surface area contributed by atoms with Gasteiger partial charge in [-0.05, 0) is 19.8 Å². The normalized spacial score (nSPS) is 12.3. The highest BCUT2D eigenvalue weighted by Gasteiger charge is 2.17. The van der Waals surface area contributed by atoms with Gasteiger partial charge in [-0.25, -0.2) is 4.98 Å². The topological polar surface area (TPSA) is 64.3 Å². The van der Waals surface area contributed by atoms with Crippen LogP contribution in [0.1, 0.15) is 39.0 Å². The van der Waals surface area contributed by atoms with Crippen molar-refractivity contribution in [3.05, 3.63) is 18.7 Å². The van der Waals surface area contributed by atoms with Gasteiger partial charge in [0.2, 0.25) is 0 Å². The molecule has 0 radical (unpaired) electrons. The van der Waals surface area contributed by atoms with Crippen LogP contribution in [0.4, 0.5) is 0 Å². The predicted octanol–water partition coefficient (Wildman–Crippen LogP) is 2.01. The van der Waals surface area contributed by atoms with Crippen LogP contribution in [0.25, 0.3) is 0 Å². The van der Waals surface area contributed by atoms with Crippen molar-refractivity contribution in [1.82, 2.24) is 9.55 Å². The Morgan fingerprint density at radius 3 is 2.79 bits per heavy atom. The number of hydrogen-bond donors (Lipinski definition) is 1. The summed E-state index contributed by atoms with van der Waals surface area (Å²) >= 11 is 0. The lowest BCUT2D eigenvalue weighted by molar-refractivity contribution is -0.149. The summed E-state index contributed by atoms with van der Waals surface area (Å²) in [5.74, 6) is -0.628. The molecule has 0 bridgehead atoms. The average Bonchev–Trinajstić information content (AvgIpc) is 2.91. The minimum atomic E-state index is -0.353. The fourth-order valence-corrected chi connectivity index (χ4v) is 2.00. The minimum absolute atomic E-state index is 0.117. The molecule has 0 unspecified atom stereocenters. The number of aliphatic hydroxyl groups excluding tert-OH is 1. The van der Waals surface area contributed by atoms with Crippen molar-refractivity contribution in [2.24, 2.45) is 5.92 Å². The molecule has 0 fully saturated rings. The van der Waals surface area contributed by atoms with Crippen LogP contribution in [0.5, 0.6) is 0 Å². The maximum atomic E-state index is 11.5. The van der Waals surface area contributed by atoms with Gasteiger partial charge in [0.05, 0.1) is 25.5 Å². The minimum Gasteiger partial charge on any atom is -0.466 e. The zero-order chi connectivity index (χ0) is 13.9. The molecular weight excluding hydrogens is 244 g/mol. The summed E-state index contributed by atoms with van der Waals surface area (Å²) in [6.07, 6.45) is 10.5. The van der Waals surface area contributed by atoms with Crippen molar-refractivity contribution in [1.29, 1.82) is 0 Å². The van der Waals surface area contributed by atoms with Crippen molar-refractivity contribution < 1.29 is 14.6 Å². The quantitative estimate of drug-likeness (QED) is 0.521. The number of carbonyl (C=O) groups excluding carboxylic acids is 1. The molecule has 1 N–H and O–H groups in total. The van der Waals surface area contributed by atoms with Gasteiger partial charge in [0.1, 0.15) is 0 Å². The van der Waals surface area contributed by atoms with Gasteiger partial charge in [-0.1, -0.05) is 19.3 Å². The largest absolute Gasteiger partial charge is 0.466 e. The van der Waals surface area contributed by atoms with Crippen LogP contribution < -0.4 is 0 Å². The van der Waals surface area contributed by atoms with E-state index < -0.39 is 0 Å². The second kappa shape index (κ2) is 9.55. The molecule has 5 nitrogen and oxygen atoms in total. The maximum Gasteiger partial charge on any atom is 0.311 e. The molecule has 1 aromatic heterocycles. The van der Waals surface area contributed by atoms with E-state index in [-0.39, 0.29) is 18.5 Å². The number of unbranched alkanes of at least 4 members (excludes halogenated alkanes) is 3. The van der Waals surface area contributed by atoms with Crippen LogP contribution in [-0.2, 0) is 16.1 Å². The van der Waals surface area contributed by atoms with E-state index in [1.807, 2.05) is 12.5 Å². The lowest BCUT2D eigenvalue weighted by Crippen LogP contribution is -2.21. The molecule has 1 heterocycles. The zero-order valence-electron chi connectivity index (χ0n) is 11.6. The van der Waals surface area contributed by atoms with E-state index in [0.717, 1.165) is 32.2 Å². The molecule has 0 aliphatic heterocycles. The second-order valence-electron chi connectivity index (χ2n) is 4.63. The molecule has 0 saturated carbocycles. The summed E-state index contributed by atoms with van der Waals surface area (Å²) in [7, 11) is 0. The Balaban J connectivity index is 2.04. The first-order chi connectivity index (χ1) is 9.27. The summed E-state index contributed by atoms with van der Waals surface area (Å²) in [6.45, 7) is 3.03. The van der Waals surface area contributed by atoms with Crippen LogP contribution in [0.3, 0.4) is 0 Å². The zero-order valence-corrected chi connectivity index (χ0v) is 11.6. The van der Waals surface area contributed by atoms with Gasteiger partial charge in [0.25, 0.3) is 0 Å². The van der Waals surface area contributed by atoms with E-state index in [2.05, 4.69) is 9.55 Å². The molecule has 0 spiro atoms. The molecule has 0 aliphatic carbocycles. The van der Waals surface area contributed by atoms with Gasteiger partial charge < -0.3 is 14.4 Å². The Labute approximate surface area is 114 Å². The van der Waals surface area contributed by atoms with E-state index in [0.29, 0.717) is 13.0 Å². The number of rotatable bonds is 10. The molecule has 0 amide bonds. The molecule has 1 atom stereocenters. The van der Waals surface area contributed by atoms with Crippen molar-refractivity contribution in [2.45, 2.75) is 45.6 Å². The monoisotopic (exact) mass is 268 g/mol. The average molecular weight is 268 g/mol. The van der Waals surface area contributed by atoms with Crippen LogP contribution in [-0.4, -0.2) is 33.8 Å². The number of aliphatic hydroxyl groups is 1. The number of nitrogens with zero attached hydrogens (tertiary/aromatic N) is 2. The molecule has 0 aromatic carbocycles. The van der Waals surface area contributed by atoms with Crippen molar-refractivity contribution >= 4 is 5.97 Å². The molecule has 19 heavy (non-hydrogen) atoms. The van der Waals surface area contributed by atoms with Gasteiger partial charge in [0, 0.05) is 18.9 Å². The lowest BCUT2D eigenvalue weighted by Gasteiger charge is -2.12. The predicted molar refractivity (Wildman–Crippen MR) is 72.5 cm³/mol. The lowest BCUT2D eigenvalue weighted by atomic mass is 10.0. The van der Waals surface area contributed by atoms with Crippen molar-refractivity contribution in [3.8, 4) is 0 Å². The van der Waals surface area contributed by atoms with E-state index in [1.165, 1.54) is 0 Å². The number of aromatic nitrogens is 2. The van der Waals surface area contributed by atoms with Crippen molar-refractivity contribution in [2.75, 3.05) is 13.2 Å². The number of esters is 1. The van der Waals surface area contributed by atoms with Gasteiger partial charge in [-0.3, -0.25) is 4.79 Å². The first kappa shape index (κ1) is 15.7. The summed E-state index contributed by atoms with van der Waals surface area (Å²) in [5.41, 5.74) is 0. The smallest absolute Gasteiger partial charge is 0.311 e. The van der Waals surface area contributed by atoms with Gasteiger partial charge in [-0.15, -0.1) is 0 Å². The molecule has 108 valence electrons. The first-order valence-electron chi connectivity index (χ1n) is 7.01. The van der Waals surface area contributed by atoms with E-state index in [9.17, 15) is 4.79 Å². The van der Waals surface area contributed by atoms with E-state index >= 15 is 0 Å². The van der Waals surface area contributed by atoms with Crippen LogP contribution in [0, 0.1) is 5.92 Å². The summed E-state index contributed by atoms with van der Waals surface area (Å²) in [4.78, 5) is 15.4. The van der Waals surface area contributed by atoms with Crippen LogP contribution in [0.15, 0.2) is 18.7 Å². The third-order valence-electron chi connectivity index (χ3n) is 3.12. The third-order valence-corrected chi connectivity index (χ3v) is 3.12. The van der Waals surface area contributed by atoms with Gasteiger partial charge in [0.15, 0.2) is 0 Å². The summed E-state index contributed by atoms with van der Waals surface area (Å²) < 4.78 is 6.98. The highest BCUT2D eigenvalue weighted by molar-refractivity contribution is 5.72. The summed E-state index contributed by atoms with van der Waals surface area (Å²) in [5, 5.41) is 9.14. The van der Waals surface area contributed by atoms with Crippen LogP contribution >= 0.6 is 0 Å². The number of aryl methyl sites for hydroxylation is 1. The highest BCUT2D eigenvalue weighted by atomic mass is 16.5. The van der Waals surface area contributed by atoms with Crippen molar-refractivity contribution in [3.63, 3.8) is 0 Å². The highest BCUT2D eigenvalue weighted by Crippen LogP contribution is 2.12. The Kier molecular flexibility index (Phi) is 7.89. The van der Waals surface area contributed by atoms with Gasteiger partial charge >= 0.3 is 5.97 Å². The standard InChI is InChI=1S/C14H24N2O3/c1-2-19-14(18)13(11-17)7-5-3-4-6-9-16-10-8-15-12-16/h8,10,12-13,17H,2-7,9,11H2,1H3/t13-/m1/s1. The fraction of sp³-hybridized carbons (Fsp3) is 0.714. The number of imidazole rings is 1. The SMILES string of the molecule is CCOC(=O)[C@@H](CO)CCCCCCn1ccnc1. The fourth-order valence-electron chi connectivity index (χ4n) is 2.00. The summed E-state index contributed by atoms with van der Waals surface area (Å²) in [6, 6.07) is 0. The Bertz CT molecular complexity index is 338. The number of hydrogen-bond acceptors (Lipinski definition) is 4. The molecule has 5 heteroatoms. The molecule has 1 aromatic rings. The molecule has 0 saturated heterocycles. The second-order valence-corrected chi connectivity index (χ2v) is 4.63. The van der Waals surface area contributed by atoms with Crippen LogP contribution in [0.2, 0.25) is 0 Å². The molecule has 0 aliphatic rings.